The van der Waals surface area contributed by atoms with E-state index >= 15 is 0 Å². The first-order chi connectivity index (χ1) is 12.6. The highest BCUT2D eigenvalue weighted by atomic mass is 16.5. The van der Waals surface area contributed by atoms with Gasteiger partial charge < -0.3 is 14.6 Å². The number of H-pyrrole nitrogens is 1. The van der Waals surface area contributed by atoms with Crippen LogP contribution in [0.2, 0.25) is 0 Å². The average Bonchev–Trinajstić information content (AvgIpc) is 3.17. The molecule has 1 N–H and O–H groups in total. The molecule has 0 aliphatic carbocycles. The third-order valence-electron chi connectivity index (χ3n) is 4.22. The highest BCUT2D eigenvalue weighted by Crippen LogP contribution is 2.32. The van der Waals surface area contributed by atoms with Gasteiger partial charge in [-0.15, -0.1) is 0 Å². The van der Waals surface area contributed by atoms with Crippen LogP contribution < -0.4 is 4.74 Å². The summed E-state index contributed by atoms with van der Waals surface area (Å²) >= 11 is 0. The van der Waals surface area contributed by atoms with E-state index in [2.05, 4.69) is 11.1 Å². The van der Waals surface area contributed by atoms with Crippen LogP contribution in [0.25, 0.3) is 11.1 Å². The van der Waals surface area contributed by atoms with Crippen LogP contribution in [0.5, 0.6) is 5.75 Å². The number of methoxy groups -OCH3 is 1. The first-order valence-electron chi connectivity index (χ1n) is 8.18. The van der Waals surface area contributed by atoms with Gasteiger partial charge in [-0.3, -0.25) is 4.79 Å². The van der Waals surface area contributed by atoms with E-state index in [1.165, 1.54) is 0 Å². The van der Waals surface area contributed by atoms with Crippen molar-refractivity contribution in [1.82, 2.24) is 9.88 Å². The molecule has 26 heavy (non-hydrogen) atoms. The summed E-state index contributed by atoms with van der Waals surface area (Å²) < 4.78 is 5.42. The number of para-hydroxylation sites is 1. The molecule has 0 saturated carbocycles. The maximum absolute atomic E-state index is 12.9. The van der Waals surface area contributed by atoms with Crippen molar-refractivity contribution >= 4 is 5.91 Å². The van der Waals surface area contributed by atoms with Crippen molar-refractivity contribution in [1.29, 1.82) is 5.26 Å². The standard InChI is InChI=1S/C21H19N3O2/c1-24(14-16-9-7-15(11-22)8-10-16)21(25)19-13-23-12-18(19)17-5-3-4-6-20(17)26-2/h3-10,12-13,23H,14H2,1-2H3. The minimum Gasteiger partial charge on any atom is -0.496 e. The second-order valence-electron chi connectivity index (χ2n) is 5.95. The predicted molar refractivity (Wildman–Crippen MR) is 99.7 cm³/mol. The molecule has 3 aromatic rings. The molecule has 0 bridgehead atoms. The third-order valence-corrected chi connectivity index (χ3v) is 4.22. The predicted octanol–water partition coefficient (Wildman–Crippen LogP) is 3.83. The minimum atomic E-state index is -0.0866. The van der Waals surface area contributed by atoms with Crippen LogP contribution in [-0.2, 0) is 6.54 Å². The molecule has 0 atom stereocenters. The molecular formula is C21H19N3O2. The summed E-state index contributed by atoms with van der Waals surface area (Å²) in [6.45, 7) is 0.459. The van der Waals surface area contributed by atoms with E-state index in [4.69, 9.17) is 10.00 Å². The Morgan fingerprint density at radius 1 is 1.12 bits per heavy atom. The number of ether oxygens (including phenoxy) is 1. The van der Waals surface area contributed by atoms with E-state index in [0.717, 1.165) is 22.4 Å². The second-order valence-corrected chi connectivity index (χ2v) is 5.95. The topological polar surface area (TPSA) is 69.1 Å². The number of rotatable bonds is 5. The Kier molecular flexibility index (Phi) is 5.04. The van der Waals surface area contributed by atoms with Crippen LogP contribution in [0.1, 0.15) is 21.5 Å². The fourth-order valence-corrected chi connectivity index (χ4v) is 2.87. The molecule has 0 fully saturated rings. The molecule has 5 heteroatoms. The Morgan fingerprint density at radius 3 is 2.54 bits per heavy atom. The van der Waals surface area contributed by atoms with Gasteiger partial charge in [-0.25, -0.2) is 0 Å². The zero-order valence-corrected chi connectivity index (χ0v) is 14.7. The van der Waals surface area contributed by atoms with Crippen LogP contribution in [0.3, 0.4) is 0 Å². The van der Waals surface area contributed by atoms with Crippen LogP contribution in [0.4, 0.5) is 0 Å². The SMILES string of the molecule is COc1ccccc1-c1c[nH]cc1C(=O)N(C)Cc1ccc(C#N)cc1. The van der Waals surface area contributed by atoms with Crippen molar-refractivity contribution < 1.29 is 9.53 Å². The molecule has 0 unspecified atom stereocenters. The lowest BCUT2D eigenvalue weighted by molar-refractivity contribution is 0.0786. The van der Waals surface area contributed by atoms with Gasteiger partial charge >= 0.3 is 0 Å². The fraction of sp³-hybridized carbons (Fsp3) is 0.143. The molecule has 0 aliphatic heterocycles. The van der Waals surface area contributed by atoms with Crippen LogP contribution in [0.15, 0.2) is 60.9 Å². The highest BCUT2D eigenvalue weighted by Gasteiger charge is 2.19. The number of nitrogens with one attached hydrogen (secondary N) is 1. The first kappa shape index (κ1) is 17.3. The lowest BCUT2D eigenvalue weighted by Crippen LogP contribution is -2.26. The van der Waals surface area contributed by atoms with Gasteiger partial charge in [0.15, 0.2) is 0 Å². The number of nitrogens with zero attached hydrogens (tertiary/aromatic N) is 2. The van der Waals surface area contributed by atoms with Crippen LogP contribution >= 0.6 is 0 Å². The minimum absolute atomic E-state index is 0.0866. The molecule has 1 amide bonds. The number of amides is 1. The Bertz CT molecular complexity index is 952. The van der Waals surface area contributed by atoms with Gasteiger partial charge in [-0.1, -0.05) is 30.3 Å². The average molecular weight is 345 g/mol. The molecule has 0 saturated heterocycles. The summed E-state index contributed by atoms with van der Waals surface area (Å²) in [6, 6.07) is 16.9. The summed E-state index contributed by atoms with van der Waals surface area (Å²) in [6.07, 6.45) is 3.51. The number of aromatic amines is 1. The maximum atomic E-state index is 12.9. The summed E-state index contributed by atoms with van der Waals surface area (Å²) in [5.74, 6) is 0.632. The van der Waals surface area contributed by atoms with Crippen molar-refractivity contribution in [2.45, 2.75) is 6.54 Å². The van der Waals surface area contributed by atoms with Crippen molar-refractivity contribution in [3.8, 4) is 22.9 Å². The normalized spacial score (nSPS) is 10.2. The van der Waals surface area contributed by atoms with Crippen LogP contribution in [-0.4, -0.2) is 29.9 Å². The Hall–Kier alpha value is -3.52. The van der Waals surface area contributed by atoms with E-state index in [-0.39, 0.29) is 5.91 Å². The lowest BCUT2D eigenvalue weighted by atomic mass is 10.0. The highest BCUT2D eigenvalue weighted by molar-refractivity contribution is 6.01. The molecule has 1 aromatic heterocycles. The molecule has 2 aromatic carbocycles. The molecule has 0 radical (unpaired) electrons. The molecule has 0 aliphatic rings. The number of aromatic nitrogens is 1. The molecule has 1 heterocycles. The number of nitriles is 1. The van der Waals surface area contributed by atoms with Crippen molar-refractivity contribution in [2.75, 3.05) is 14.2 Å². The van der Waals surface area contributed by atoms with Crippen molar-refractivity contribution in [3.05, 3.63) is 77.6 Å². The van der Waals surface area contributed by atoms with E-state index in [1.54, 1.807) is 43.6 Å². The summed E-state index contributed by atoms with van der Waals surface area (Å²) in [5.41, 5.74) is 3.83. The van der Waals surface area contributed by atoms with Crippen molar-refractivity contribution in [3.63, 3.8) is 0 Å². The van der Waals surface area contributed by atoms with Gasteiger partial charge in [0.1, 0.15) is 5.75 Å². The van der Waals surface area contributed by atoms with Crippen molar-refractivity contribution in [2.24, 2.45) is 0 Å². The molecule has 3 rings (SSSR count). The zero-order valence-electron chi connectivity index (χ0n) is 14.7. The fourth-order valence-electron chi connectivity index (χ4n) is 2.87. The van der Waals surface area contributed by atoms with Gasteiger partial charge in [0, 0.05) is 37.1 Å². The Morgan fingerprint density at radius 2 is 1.85 bits per heavy atom. The number of carbonyl (C=O) groups excluding carboxylic acids is 1. The molecule has 5 nitrogen and oxygen atoms in total. The van der Waals surface area contributed by atoms with Gasteiger partial charge in [-0.05, 0) is 23.8 Å². The quantitative estimate of drug-likeness (QED) is 0.764. The largest absolute Gasteiger partial charge is 0.496 e. The van der Waals surface area contributed by atoms with E-state index in [9.17, 15) is 4.79 Å². The lowest BCUT2D eigenvalue weighted by Gasteiger charge is -2.18. The molecule has 130 valence electrons. The number of carbonyl (C=O) groups is 1. The zero-order chi connectivity index (χ0) is 18.5. The van der Waals surface area contributed by atoms with Gasteiger partial charge in [0.05, 0.1) is 24.3 Å². The number of hydrogen-bond acceptors (Lipinski definition) is 3. The molecular weight excluding hydrogens is 326 g/mol. The summed E-state index contributed by atoms with van der Waals surface area (Å²) in [7, 11) is 3.38. The number of hydrogen-bond donors (Lipinski definition) is 1. The van der Waals surface area contributed by atoms with Crippen LogP contribution in [0, 0.1) is 11.3 Å². The second kappa shape index (κ2) is 7.58. The van der Waals surface area contributed by atoms with Gasteiger partial charge in [-0.2, -0.15) is 5.26 Å². The third kappa shape index (κ3) is 3.45. The van der Waals surface area contributed by atoms with E-state index in [1.807, 2.05) is 36.4 Å². The monoisotopic (exact) mass is 345 g/mol. The Labute approximate surface area is 152 Å². The maximum Gasteiger partial charge on any atom is 0.256 e. The van der Waals surface area contributed by atoms with E-state index < -0.39 is 0 Å². The van der Waals surface area contributed by atoms with Gasteiger partial charge in [0.25, 0.3) is 5.91 Å². The smallest absolute Gasteiger partial charge is 0.256 e. The van der Waals surface area contributed by atoms with E-state index in [0.29, 0.717) is 17.7 Å². The number of benzene rings is 2. The summed E-state index contributed by atoms with van der Waals surface area (Å²) in [4.78, 5) is 17.6. The first-order valence-corrected chi connectivity index (χ1v) is 8.18. The molecule has 0 spiro atoms. The van der Waals surface area contributed by atoms with Gasteiger partial charge in [0.2, 0.25) is 0 Å². The summed E-state index contributed by atoms with van der Waals surface area (Å²) in [5, 5.41) is 8.88. The Balaban J connectivity index is 1.84.